The van der Waals surface area contributed by atoms with Gasteiger partial charge in [0.05, 0.1) is 30.4 Å². The van der Waals surface area contributed by atoms with Crippen molar-refractivity contribution in [3.63, 3.8) is 0 Å². The lowest BCUT2D eigenvalue weighted by atomic mass is 10.0. The standard InChI is InChI=1S/C50H80ClN3O4.ClH/c1-4-6-8-10-12-14-16-18-20-22-24-26-28-30-48(55)54(38-39-58-49(56)31-29-27-25-23-21-19-17-15-13-11-9-7-5-2)37-36-52-50-44-34-32-42(51)40-47(44)53-46-35-33-43(57-3)41-45(46)50;/h32-35,40-41H,4-31,36-39H2,1-3H3,(H,52,53);1H. The van der Waals surface area contributed by atoms with Gasteiger partial charge in [0.15, 0.2) is 0 Å². The number of hydrogen-bond acceptors (Lipinski definition) is 6. The molecule has 9 heteroatoms. The van der Waals surface area contributed by atoms with E-state index in [1.165, 1.54) is 141 Å². The van der Waals surface area contributed by atoms with Gasteiger partial charge in [0.1, 0.15) is 12.4 Å². The zero-order valence-electron chi connectivity index (χ0n) is 37.4. The normalized spacial score (nSPS) is 11.2. The van der Waals surface area contributed by atoms with Gasteiger partial charge in [-0.2, -0.15) is 0 Å². The highest BCUT2D eigenvalue weighted by Gasteiger charge is 2.16. The molecule has 2 aromatic carbocycles. The van der Waals surface area contributed by atoms with Crippen molar-refractivity contribution in [1.29, 1.82) is 0 Å². The predicted molar refractivity (Wildman–Crippen MR) is 255 cm³/mol. The number of aromatic nitrogens is 1. The van der Waals surface area contributed by atoms with Crippen LogP contribution in [0.2, 0.25) is 5.02 Å². The molecule has 1 amide bonds. The molecule has 1 aromatic heterocycles. The highest BCUT2D eigenvalue weighted by Crippen LogP contribution is 2.34. The summed E-state index contributed by atoms with van der Waals surface area (Å²) < 4.78 is 11.2. The Morgan fingerprint density at radius 3 is 1.64 bits per heavy atom. The number of unbranched alkanes of at least 4 members (excludes halogenated alkanes) is 24. The summed E-state index contributed by atoms with van der Waals surface area (Å²) in [5, 5.41) is 6.16. The number of nitrogens with one attached hydrogen (secondary N) is 1. The summed E-state index contributed by atoms with van der Waals surface area (Å²) in [5.41, 5.74) is 2.57. The molecule has 3 aromatic rings. The summed E-state index contributed by atoms with van der Waals surface area (Å²) in [5.74, 6) is 0.712. The van der Waals surface area contributed by atoms with Crippen LogP contribution in [0, 0.1) is 0 Å². The third-order valence-electron chi connectivity index (χ3n) is 11.6. The zero-order valence-corrected chi connectivity index (χ0v) is 39.0. The van der Waals surface area contributed by atoms with Crippen molar-refractivity contribution in [3.8, 4) is 5.75 Å². The van der Waals surface area contributed by atoms with E-state index in [0.717, 1.165) is 58.9 Å². The molecule has 59 heavy (non-hydrogen) atoms. The molecule has 0 saturated carbocycles. The van der Waals surface area contributed by atoms with Gasteiger partial charge >= 0.3 is 5.97 Å². The molecular formula is C50H81Cl2N3O4. The molecule has 7 nitrogen and oxygen atoms in total. The van der Waals surface area contributed by atoms with E-state index in [9.17, 15) is 9.59 Å². The predicted octanol–water partition coefficient (Wildman–Crippen LogP) is 15.2. The van der Waals surface area contributed by atoms with Crippen LogP contribution in [0.5, 0.6) is 5.75 Å². The van der Waals surface area contributed by atoms with E-state index in [-0.39, 0.29) is 30.9 Å². The smallest absolute Gasteiger partial charge is 0.305 e. The van der Waals surface area contributed by atoms with Crippen molar-refractivity contribution in [1.82, 2.24) is 9.88 Å². The molecule has 0 unspecified atom stereocenters. The van der Waals surface area contributed by atoms with Crippen molar-refractivity contribution in [3.05, 3.63) is 41.4 Å². The molecule has 0 aliphatic carbocycles. The van der Waals surface area contributed by atoms with Crippen molar-refractivity contribution < 1.29 is 19.1 Å². The fourth-order valence-electron chi connectivity index (χ4n) is 7.97. The van der Waals surface area contributed by atoms with Crippen LogP contribution in [0.1, 0.15) is 194 Å². The minimum Gasteiger partial charge on any atom is -0.497 e. The Balaban J connectivity index is 0.0000120. The summed E-state index contributed by atoms with van der Waals surface area (Å²) in [7, 11) is 1.66. The van der Waals surface area contributed by atoms with Crippen LogP contribution in [0.15, 0.2) is 36.4 Å². The molecule has 1 heterocycles. The average Bonchev–Trinajstić information content (AvgIpc) is 3.22. The van der Waals surface area contributed by atoms with Gasteiger partial charge < -0.3 is 19.7 Å². The Bertz CT molecular complexity index is 1550. The third-order valence-corrected chi connectivity index (χ3v) is 11.8. The number of carbonyl (C=O) groups is 2. The largest absolute Gasteiger partial charge is 0.497 e. The first-order chi connectivity index (χ1) is 28.5. The number of fused-ring (bicyclic) bond motifs is 2. The van der Waals surface area contributed by atoms with E-state index >= 15 is 0 Å². The summed E-state index contributed by atoms with van der Waals surface area (Å²) in [6.07, 6.45) is 34.1. The number of esters is 1. The molecular weight excluding hydrogens is 777 g/mol. The lowest BCUT2D eigenvalue weighted by Crippen LogP contribution is -2.37. The number of rotatable bonds is 36. The molecule has 0 saturated heterocycles. The summed E-state index contributed by atoms with van der Waals surface area (Å²) in [6, 6.07) is 11.6. The molecule has 0 aliphatic rings. The highest BCUT2D eigenvalue weighted by atomic mass is 35.5. The monoisotopic (exact) mass is 858 g/mol. The lowest BCUT2D eigenvalue weighted by Gasteiger charge is -2.24. The summed E-state index contributed by atoms with van der Waals surface area (Å²) >= 11 is 6.36. The zero-order chi connectivity index (χ0) is 41.5. The van der Waals surface area contributed by atoms with Crippen LogP contribution in [-0.4, -0.2) is 55.1 Å². The molecule has 3 rings (SSSR count). The van der Waals surface area contributed by atoms with E-state index < -0.39 is 0 Å². The number of methoxy groups -OCH3 is 1. The second-order valence-electron chi connectivity index (χ2n) is 16.5. The van der Waals surface area contributed by atoms with Gasteiger partial charge in [-0.05, 0) is 49.2 Å². The Hall–Kier alpha value is -2.77. The van der Waals surface area contributed by atoms with Crippen LogP contribution < -0.4 is 10.1 Å². The molecule has 0 spiro atoms. The molecule has 334 valence electrons. The molecule has 1 N–H and O–H groups in total. The third kappa shape index (κ3) is 22.6. The van der Waals surface area contributed by atoms with Crippen molar-refractivity contribution >= 4 is 63.4 Å². The molecule has 0 bridgehead atoms. The first kappa shape index (κ1) is 52.4. The molecule has 0 aliphatic heterocycles. The Kier molecular flexibility index (Phi) is 30.1. The first-order valence-electron chi connectivity index (χ1n) is 23.7. The fourth-order valence-corrected chi connectivity index (χ4v) is 8.14. The second kappa shape index (κ2) is 33.9. The van der Waals surface area contributed by atoms with E-state index in [2.05, 4.69) is 19.2 Å². The van der Waals surface area contributed by atoms with Gasteiger partial charge in [0.25, 0.3) is 0 Å². The fraction of sp³-hybridized carbons (Fsp3) is 0.700. The van der Waals surface area contributed by atoms with E-state index in [1.807, 2.05) is 41.3 Å². The number of halogens is 2. The maximum atomic E-state index is 13.6. The van der Waals surface area contributed by atoms with Gasteiger partial charge in [-0.25, -0.2) is 4.98 Å². The first-order valence-corrected chi connectivity index (χ1v) is 24.1. The minimum atomic E-state index is -0.160. The van der Waals surface area contributed by atoms with Crippen LogP contribution >= 0.6 is 24.0 Å². The maximum Gasteiger partial charge on any atom is 0.305 e. The summed E-state index contributed by atoms with van der Waals surface area (Å²) in [6.45, 7) is 6.19. The number of anilines is 1. The quantitative estimate of drug-likeness (QED) is 0.0356. The number of benzene rings is 2. The number of pyridine rings is 1. The van der Waals surface area contributed by atoms with E-state index in [1.54, 1.807) is 7.11 Å². The average molecular weight is 859 g/mol. The SMILES string of the molecule is CCCCCCCCCCCCCCCC(=O)OCCN(CCNc1c2ccc(Cl)cc2nc2ccc(OC)cc12)C(=O)CCCCCCCCCCCCCCC.Cl. The molecule has 0 radical (unpaired) electrons. The van der Waals surface area contributed by atoms with E-state index in [0.29, 0.717) is 37.5 Å². The number of nitrogens with zero attached hydrogens (tertiary/aromatic N) is 2. The van der Waals surface area contributed by atoms with Crippen molar-refractivity contribution in [2.75, 3.05) is 38.7 Å². The van der Waals surface area contributed by atoms with Crippen LogP contribution in [0.3, 0.4) is 0 Å². The van der Waals surface area contributed by atoms with Crippen molar-refractivity contribution in [2.45, 2.75) is 194 Å². The number of amides is 1. The van der Waals surface area contributed by atoms with Gasteiger partial charge in [-0.1, -0.05) is 180 Å². The Labute approximate surface area is 370 Å². The Morgan fingerprint density at radius 2 is 1.12 bits per heavy atom. The topological polar surface area (TPSA) is 80.8 Å². The Morgan fingerprint density at radius 1 is 0.610 bits per heavy atom. The molecule has 0 atom stereocenters. The van der Waals surface area contributed by atoms with Crippen LogP contribution in [-0.2, 0) is 14.3 Å². The lowest BCUT2D eigenvalue weighted by molar-refractivity contribution is -0.146. The highest BCUT2D eigenvalue weighted by molar-refractivity contribution is 6.31. The number of hydrogen-bond donors (Lipinski definition) is 1. The number of ether oxygens (including phenoxy) is 2. The molecule has 0 fully saturated rings. The van der Waals surface area contributed by atoms with Gasteiger partial charge in [0, 0.05) is 41.7 Å². The van der Waals surface area contributed by atoms with E-state index in [4.69, 9.17) is 26.1 Å². The van der Waals surface area contributed by atoms with Gasteiger partial charge in [-0.15, -0.1) is 12.4 Å². The van der Waals surface area contributed by atoms with Gasteiger partial charge in [0.2, 0.25) is 5.91 Å². The van der Waals surface area contributed by atoms with Crippen LogP contribution in [0.25, 0.3) is 21.8 Å². The van der Waals surface area contributed by atoms with Crippen LogP contribution in [0.4, 0.5) is 5.69 Å². The van der Waals surface area contributed by atoms with Crippen molar-refractivity contribution in [2.24, 2.45) is 0 Å². The second-order valence-corrected chi connectivity index (χ2v) is 17.0. The summed E-state index contributed by atoms with van der Waals surface area (Å²) in [4.78, 5) is 33.0. The van der Waals surface area contributed by atoms with Gasteiger partial charge in [-0.3, -0.25) is 9.59 Å². The minimum absolute atomic E-state index is 0. The number of carbonyl (C=O) groups excluding carboxylic acids is 2. The maximum absolute atomic E-state index is 13.6.